The smallest absolute Gasteiger partial charge is 0.258 e. The predicted molar refractivity (Wildman–Crippen MR) is 69.7 cm³/mol. The lowest BCUT2D eigenvalue weighted by Gasteiger charge is -2.11. The Balaban J connectivity index is 2.33. The molecule has 1 aromatic carbocycles. The molecular formula is C14H12F2N2O2. The average Bonchev–Trinajstić information content (AvgIpc) is 2.42. The van der Waals surface area contributed by atoms with Crippen LogP contribution in [0.15, 0.2) is 24.4 Å². The molecule has 0 aliphatic carbocycles. The fraction of sp³-hybridized carbons (Fsp3) is 0.143. The van der Waals surface area contributed by atoms with Crippen molar-refractivity contribution in [2.45, 2.75) is 13.8 Å². The average molecular weight is 278 g/mol. The van der Waals surface area contributed by atoms with Gasteiger partial charge in [-0.1, -0.05) is 6.07 Å². The van der Waals surface area contributed by atoms with Crippen molar-refractivity contribution < 1.29 is 18.7 Å². The summed E-state index contributed by atoms with van der Waals surface area (Å²) in [4.78, 5) is 15.0. The van der Waals surface area contributed by atoms with Crippen LogP contribution in [0.1, 0.15) is 21.5 Å². The number of phenolic OH excluding ortho intramolecular Hbond substituents is 1. The summed E-state index contributed by atoms with van der Waals surface area (Å²) < 4.78 is 26.4. The highest BCUT2D eigenvalue weighted by Crippen LogP contribution is 2.28. The van der Waals surface area contributed by atoms with Crippen LogP contribution in [-0.2, 0) is 0 Å². The van der Waals surface area contributed by atoms with E-state index in [0.717, 1.165) is 12.3 Å². The first-order chi connectivity index (χ1) is 9.41. The Bertz CT molecular complexity index is 687. The summed E-state index contributed by atoms with van der Waals surface area (Å²) in [7, 11) is 0. The van der Waals surface area contributed by atoms with Crippen molar-refractivity contribution in [2.24, 2.45) is 0 Å². The number of rotatable bonds is 2. The minimum atomic E-state index is -1.33. The van der Waals surface area contributed by atoms with E-state index in [1.165, 1.54) is 0 Å². The molecule has 0 saturated heterocycles. The fourth-order valence-corrected chi connectivity index (χ4v) is 1.75. The summed E-state index contributed by atoms with van der Waals surface area (Å²) in [6, 6.07) is 4.27. The summed E-state index contributed by atoms with van der Waals surface area (Å²) in [5, 5.41) is 12.2. The molecule has 0 aliphatic heterocycles. The highest BCUT2D eigenvalue weighted by Gasteiger charge is 2.17. The number of aromatic nitrogens is 1. The Morgan fingerprint density at radius 2 is 1.95 bits per heavy atom. The number of benzene rings is 1. The SMILES string of the molecule is Cc1ccc(NC(=O)c2ccnc(F)c2F)c(C)c1O. The highest BCUT2D eigenvalue weighted by atomic mass is 19.2. The Morgan fingerprint density at radius 3 is 2.65 bits per heavy atom. The van der Waals surface area contributed by atoms with Gasteiger partial charge in [-0.25, -0.2) is 9.37 Å². The molecule has 20 heavy (non-hydrogen) atoms. The lowest BCUT2D eigenvalue weighted by Crippen LogP contribution is -2.15. The third-order valence-electron chi connectivity index (χ3n) is 2.97. The number of hydrogen-bond donors (Lipinski definition) is 2. The van der Waals surface area contributed by atoms with Crippen molar-refractivity contribution >= 4 is 11.6 Å². The lowest BCUT2D eigenvalue weighted by molar-refractivity contribution is 0.102. The molecule has 2 aromatic rings. The number of phenols is 1. The Labute approximate surface area is 114 Å². The van der Waals surface area contributed by atoms with Gasteiger partial charge in [-0.15, -0.1) is 0 Å². The van der Waals surface area contributed by atoms with E-state index < -0.39 is 23.2 Å². The highest BCUT2D eigenvalue weighted by molar-refractivity contribution is 6.04. The quantitative estimate of drug-likeness (QED) is 0.830. The molecule has 0 radical (unpaired) electrons. The van der Waals surface area contributed by atoms with Gasteiger partial charge in [0.25, 0.3) is 5.91 Å². The van der Waals surface area contributed by atoms with Gasteiger partial charge in [-0.3, -0.25) is 4.79 Å². The number of aromatic hydroxyl groups is 1. The molecule has 1 amide bonds. The van der Waals surface area contributed by atoms with Gasteiger partial charge in [0.05, 0.1) is 5.56 Å². The predicted octanol–water partition coefficient (Wildman–Crippen LogP) is 2.93. The molecule has 0 fully saturated rings. The molecule has 2 rings (SSSR count). The summed E-state index contributed by atoms with van der Waals surface area (Å²) in [6.45, 7) is 3.33. The molecule has 0 bridgehead atoms. The Morgan fingerprint density at radius 1 is 1.25 bits per heavy atom. The van der Waals surface area contributed by atoms with Gasteiger partial charge < -0.3 is 10.4 Å². The van der Waals surface area contributed by atoms with Crippen LogP contribution in [-0.4, -0.2) is 16.0 Å². The zero-order chi connectivity index (χ0) is 14.9. The second-order valence-electron chi connectivity index (χ2n) is 4.32. The first kappa shape index (κ1) is 13.9. The van der Waals surface area contributed by atoms with Crippen molar-refractivity contribution in [2.75, 3.05) is 5.32 Å². The van der Waals surface area contributed by atoms with E-state index in [0.29, 0.717) is 16.8 Å². The van der Waals surface area contributed by atoms with E-state index in [-0.39, 0.29) is 5.75 Å². The number of carbonyl (C=O) groups is 1. The normalized spacial score (nSPS) is 10.4. The standard InChI is InChI=1S/C14H12F2N2O2/c1-7-3-4-10(8(2)12(7)19)18-14(20)9-5-6-17-13(16)11(9)15/h3-6,19H,1-2H3,(H,18,20). The molecule has 0 saturated carbocycles. The third kappa shape index (κ3) is 2.45. The summed E-state index contributed by atoms with van der Waals surface area (Å²) in [6.07, 6.45) is 1.01. The first-order valence-corrected chi connectivity index (χ1v) is 5.82. The zero-order valence-electron chi connectivity index (χ0n) is 10.9. The van der Waals surface area contributed by atoms with Gasteiger partial charge in [0.1, 0.15) is 5.75 Å². The van der Waals surface area contributed by atoms with Gasteiger partial charge in [-0.05, 0) is 31.5 Å². The molecule has 0 aliphatic rings. The molecule has 2 N–H and O–H groups in total. The lowest BCUT2D eigenvalue weighted by atomic mass is 10.1. The van der Waals surface area contributed by atoms with Gasteiger partial charge in [0.15, 0.2) is 5.82 Å². The minimum absolute atomic E-state index is 0.0455. The zero-order valence-corrected chi connectivity index (χ0v) is 10.9. The molecular weight excluding hydrogens is 266 g/mol. The molecule has 0 unspecified atom stereocenters. The molecule has 4 nitrogen and oxygen atoms in total. The largest absolute Gasteiger partial charge is 0.507 e. The van der Waals surface area contributed by atoms with Gasteiger partial charge in [0, 0.05) is 17.4 Å². The molecule has 0 atom stereocenters. The van der Waals surface area contributed by atoms with Crippen LogP contribution in [0.3, 0.4) is 0 Å². The number of nitrogens with one attached hydrogen (secondary N) is 1. The summed E-state index contributed by atoms with van der Waals surface area (Å²) in [5.41, 5.74) is 0.988. The van der Waals surface area contributed by atoms with Gasteiger partial charge in [-0.2, -0.15) is 4.39 Å². The number of nitrogens with zero attached hydrogens (tertiary/aromatic N) is 1. The summed E-state index contributed by atoms with van der Waals surface area (Å²) >= 11 is 0. The van der Waals surface area contributed by atoms with E-state index in [1.54, 1.807) is 26.0 Å². The number of carbonyl (C=O) groups excluding carboxylic acids is 1. The molecule has 0 spiro atoms. The van der Waals surface area contributed by atoms with E-state index >= 15 is 0 Å². The number of aryl methyl sites for hydroxylation is 1. The number of amides is 1. The fourth-order valence-electron chi connectivity index (χ4n) is 1.75. The number of pyridine rings is 1. The second kappa shape index (κ2) is 5.24. The third-order valence-corrected chi connectivity index (χ3v) is 2.97. The number of anilines is 1. The van der Waals surface area contributed by atoms with Crippen LogP contribution in [0.4, 0.5) is 14.5 Å². The van der Waals surface area contributed by atoms with Crippen LogP contribution in [0, 0.1) is 25.6 Å². The summed E-state index contributed by atoms with van der Waals surface area (Å²) in [5.74, 6) is -3.40. The van der Waals surface area contributed by atoms with E-state index in [2.05, 4.69) is 10.3 Å². The van der Waals surface area contributed by atoms with Crippen LogP contribution in [0.2, 0.25) is 0 Å². The Kier molecular flexibility index (Phi) is 3.65. The van der Waals surface area contributed by atoms with Crippen LogP contribution < -0.4 is 5.32 Å². The molecule has 1 aromatic heterocycles. The van der Waals surface area contributed by atoms with Crippen LogP contribution >= 0.6 is 0 Å². The van der Waals surface area contributed by atoms with Crippen molar-refractivity contribution in [3.05, 3.63) is 52.9 Å². The molecule has 1 heterocycles. The number of halogens is 2. The van der Waals surface area contributed by atoms with Crippen molar-refractivity contribution in [3.8, 4) is 5.75 Å². The van der Waals surface area contributed by atoms with E-state index in [4.69, 9.17) is 0 Å². The second-order valence-corrected chi connectivity index (χ2v) is 4.32. The number of hydrogen-bond acceptors (Lipinski definition) is 3. The first-order valence-electron chi connectivity index (χ1n) is 5.82. The van der Waals surface area contributed by atoms with E-state index in [9.17, 15) is 18.7 Å². The van der Waals surface area contributed by atoms with Crippen molar-refractivity contribution in [3.63, 3.8) is 0 Å². The van der Waals surface area contributed by atoms with Crippen LogP contribution in [0.25, 0.3) is 0 Å². The van der Waals surface area contributed by atoms with E-state index in [1.807, 2.05) is 0 Å². The van der Waals surface area contributed by atoms with Crippen molar-refractivity contribution in [1.82, 2.24) is 4.98 Å². The monoisotopic (exact) mass is 278 g/mol. The minimum Gasteiger partial charge on any atom is -0.507 e. The van der Waals surface area contributed by atoms with Gasteiger partial charge in [0.2, 0.25) is 5.95 Å². The van der Waals surface area contributed by atoms with Crippen molar-refractivity contribution in [1.29, 1.82) is 0 Å². The maximum absolute atomic E-state index is 13.5. The Hall–Kier alpha value is -2.50. The topological polar surface area (TPSA) is 62.2 Å². The molecule has 6 heteroatoms. The van der Waals surface area contributed by atoms with Gasteiger partial charge >= 0.3 is 0 Å². The maximum Gasteiger partial charge on any atom is 0.258 e. The van der Waals surface area contributed by atoms with Crippen LogP contribution in [0.5, 0.6) is 5.75 Å². The molecule has 104 valence electrons. The maximum atomic E-state index is 13.5.